The summed E-state index contributed by atoms with van der Waals surface area (Å²) >= 11 is 0. The van der Waals surface area contributed by atoms with Gasteiger partial charge in [0.05, 0.1) is 6.54 Å². The zero-order chi connectivity index (χ0) is 15.8. The molecule has 0 saturated carbocycles. The highest BCUT2D eigenvalue weighted by atomic mass is 16.2. The third-order valence-corrected chi connectivity index (χ3v) is 3.66. The second kappa shape index (κ2) is 8.45. The van der Waals surface area contributed by atoms with Gasteiger partial charge in [-0.05, 0) is 32.8 Å². The van der Waals surface area contributed by atoms with Crippen molar-refractivity contribution < 1.29 is 9.59 Å². The lowest BCUT2D eigenvalue weighted by Crippen LogP contribution is -2.41. The van der Waals surface area contributed by atoms with Crippen molar-refractivity contribution in [2.75, 3.05) is 26.7 Å². The highest BCUT2D eigenvalue weighted by Gasteiger charge is 2.16. The first kappa shape index (κ1) is 17.2. The van der Waals surface area contributed by atoms with Crippen LogP contribution in [0.4, 0.5) is 0 Å². The molecule has 1 rings (SSSR count). The summed E-state index contributed by atoms with van der Waals surface area (Å²) in [4.78, 5) is 27.3. The predicted molar refractivity (Wildman–Crippen MR) is 85.1 cm³/mol. The first-order valence-electron chi connectivity index (χ1n) is 7.55. The molecule has 0 heterocycles. The van der Waals surface area contributed by atoms with Crippen LogP contribution in [0.5, 0.6) is 0 Å². The Morgan fingerprint density at radius 1 is 1.00 bits per heavy atom. The molecule has 1 aromatic rings. The molecule has 0 fully saturated rings. The number of amides is 2. The number of hydrogen-bond donors (Lipinski definition) is 0. The highest BCUT2D eigenvalue weighted by Crippen LogP contribution is 2.07. The molecule has 0 bridgehead atoms. The van der Waals surface area contributed by atoms with Gasteiger partial charge in [-0.1, -0.05) is 29.8 Å². The van der Waals surface area contributed by atoms with Gasteiger partial charge in [0.15, 0.2) is 0 Å². The van der Waals surface area contributed by atoms with Crippen molar-refractivity contribution in [2.24, 2.45) is 0 Å². The van der Waals surface area contributed by atoms with Crippen LogP contribution in [0.1, 0.15) is 31.4 Å². The van der Waals surface area contributed by atoms with E-state index in [-0.39, 0.29) is 18.4 Å². The monoisotopic (exact) mass is 290 g/mol. The van der Waals surface area contributed by atoms with Gasteiger partial charge in [-0.2, -0.15) is 0 Å². The fourth-order valence-corrected chi connectivity index (χ4v) is 2.16. The van der Waals surface area contributed by atoms with Gasteiger partial charge in [0.25, 0.3) is 0 Å². The van der Waals surface area contributed by atoms with E-state index in [1.165, 1.54) is 10.5 Å². The van der Waals surface area contributed by atoms with E-state index in [9.17, 15) is 9.59 Å². The molecule has 0 saturated heterocycles. The Kier molecular flexibility index (Phi) is 6.92. The zero-order valence-electron chi connectivity index (χ0n) is 13.6. The molecule has 0 aliphatic carbocycles. The maximum absolute atomic E-state index is 12.1. The van der Waals surface area contributed by atoms with Gasteiger partial charge < -0.3 is 9.80 Å². The average molecular weight is 290 g/mol. The minimum absolute atomic E-state index is 0.00573. The maximum atomic E-state index is 12.1. The summed E-state index contributed by atoms with van der Waals surface area (Å²) in [6.07, 6.45) is 1.15. The number of rotatable bonds is 7. The highest BCUT2D eigenvalue weighted by molar-refractivity contribution is 5.84. The third-order valence-electron chi connectivity index (χ3n) is 3.66. The molecule has 0 N–H and O–H groups in total. The molecule has 1 aromatic carbocycles. The van der Waals surface area contributed by atoms with Crippen molar-refractivity contribution >= 4 is 11.8 Å². The third kappa shape index (κ3) is 5.58. The van der Waals surface area contributed by atoms with Crippen molar-refractivity contribution in [3.8, 4) is 0 Å². The Morgan fingerprint density at radius 2 is 1.57 bits per heavy atom. The van der Waals surface area contributed by atoms with Crippen LogP contribution in [0, 0.1) is 6.92 Å². The molecule has 4 heteroatoms. The molecule has 0 unspecified atom stereocenters. The summed E-state index contributed by atoms with van der Waals surface area (Å²) in [7, 11) is 1.69. The standard InChI is InChI=1S/C17H26N2O2/c1-5-19(6-2)17(21)13-18(4)16(20)12-11-15-9-7-14(3)8-10-15/h7-10H,5-6,11-13H2,1-4H3. The molecule has 0 spiro atoms. The minimum Gasteiger partial charge on any atom is -0.342 e. The van der Waals surface area contributed by atoms with Crippen LogP contribution in [0.3, 0.4) is 0 Å². The van der Waals surface area contributed by atoms with Crippen molar-refractivity contribution in [1.82, 2.24) is 9.80 Å². The van der Waals surface area contributed by atoms with Crippen LogP contribution in [-0.4, -0.2) is 48.3 Å². The molecule has 0 atom stereocenters. The molecule has 0 aromatic heterocycles. The lowest BCUT2D eigenvalue weighted by Gasteiger charge is -2.23. The number of carbonyl (C=O) groups is 2. The first-order chi connectivity index (χ1) is 9.97. The average Bonchev–Trinajstić information content (AvgIpc) is 2.47. The van der Waals surface area contributed by atoms with Crippen LogP contribution in [0.2, 0.25) is 0 Å². The molecule has 4 nitrogen and oxygen atoms in total. The fourth-order valence-electron chi connectivity index (χ4n) is 2.16. The van der Waals surface area contributed by atoms with Gasteiger partial charge in [-0.3, -0.25) is 9.59 Å². The van der Waals surface area contributed by atoms with E-state index in [0.29, 0.717) is 25.9 Å². The van der Waals surface area contributed by atoms with Crippen molar-refractivity contribution in [1.29, 1.82) is 0 Å². The smallest absolute Gasteiger partial charge is 0.242 e. The zero-order valence-corrected chi connectivity index (χ0v) is 13.6. The van der Waals surface area contributed by atoms with Gasteiger partial charge in [-0.15, -0.1) is 0 Å². The Hall–Kier alpha value is -1.84. The van der Waals surface area contributed by atoms with E-state index in [1.54, 1.807) is 11.9 Å². The molecule has 21 heavy (non-hydrogen) atoms. The SMILES string of the molecule is CCN(CC)C(=O)CN(C)C(=O)CCc1ccc(C)cc1. The van der Waals surface area contributed by atoms with E-state index in [4.69, 9.17) is 0 Å². The van der Waals surface area contributed by atoms with Crippen LogP contribution < -0.4 is 0 Å². The number of likely N-dealkylation sites (N-methyl/N-ethyl adjacent to an activating group) is 2. The predicted octanol–water partition coefficient (Wildman–Crippen LogP) is 2.25. The van der Waals surface area contributed by atoms with E-state index >= 15 is 0 Å². The van der Waals surface area contributed by atoms with Gasteiger partial charge >= 0.3 is 0 Å². The van der Waals surface area contributed by atoms with Gasteiger partial charge in [0.2, 0.25) is 11.8 Å². The Bertz CT molecular complexity index is 464. The van der Waals surface area contributed by atoms with Crippen LogP contribution >= 0.6 is 0 Å². The molecule has 0 radical (unpaired) electrons. The minimum atomic E-state index is 0.00573. The number of aryl methyl sites for hydroxylation is 2. The van der Waals surface area contributed by atoms with Crippen LogP contribution in [0.15, 0.2) is 24.3 Å². The normalized spacial score (nSPS) is 10.3. The van der Waals surface area contributed by atoms with Crippen LogP contribution in [0.25, 0.3) is 0 Å². The number of carbonyl (C=O) groups excluding carboxylic acids is 2. The largest absolute Gasteiger partial charge is 0.342 e. The molecule has 0 aliphatic rings. The molecular weight excluding hydrogens is 264 g/mol. The van der Waals surface area contributed by atoms with Crippen LogP contribution in [-0.2, 0) is 16.0 Å². The molecular formula is C17H26N2O2. The second-order valence-electron chi connectivity index (χ2n) is 5.30. The summed E-state index contributed by atoms with van der Waals surface area (Å²) in [5.74, 6) is 0.0160. The summed E-state index contributed by atoms with van der Waals surface area (Å²) in [5.41, 5.74) is 2.37. The van der Waals surface area contributed by atoms with Crippen molar-refractivity contribution in [3.63, 3.8) is 0 Å². The molecule has 116 valence electrons. The molecule has 0 aliphatic heterocycles. The summed E-state index contributed by atoms with van der Waals surface area (Å²) < 4.78 is 0. The quantitative estimate of drug-likeness (QED) is 0.773. The van der Waals surface area contributed by atoms with Gasteiger partial charge in [0, 0.05) is 26.6 Å². The number of benzene rings is 1. The topological polar surface area (TPSA) is 40.6 Å². The lowest BCUT2D eigenvalue weighted by atomic mass is 10.1. The lowest BCUT2D eigenvalue weighted by molar-refractivity contribution is -0.139. The number of hydrogen-bond acceptors (Lipinski definition) is 2. The second-order valence-corrected chi connectivity index (χ2v) is 5.30. The van der Waals surface area contributed by atoms with Crippen molar-refractivity contribution in [2.45, 2.75) is 33.6 Å². The Balaban J connectivity index is 2.44. The Morgan fingerprint density at radius 3 is 2.10 bits per heavy atom. The number of nitrogens with zero attached hydrogens (tertiary/aromatic N) is 2. The maximum Gasteiger partial charge on any atom is 0.242 e. The van der Waals surface area contributed by atoms with Gasteiger partial charge in [-0.25, -0.2) is 0 Å². The van der Waals surface area contributed by atoms with E-state index < -0.39 is 0 Å². The summed E-state index contributed by atoms with van der Waals surface area (Å²) in [6, 6.07) is 8.19. The summed E-state index contributed by atoms with van der Waals surface area (Å²) in [5, 5.41) is 0. The Labute approximate surface area is 127 Å². The van der Waals surface area contributed by atoms with Crippen molar-refractivity contribution in [3.05, 3.63) is 35.4 Å². The van der Waals surface area contributed by atoms with Gasteiger partial charge in [0.1, 0.15) is 0 Å². The first-order valence-corrected chi connectivity index (χ1v) is 7.55. The fraction of sp³-hybridized carbons (Fsp3) is 0.529. The van der Waals surface area contributed by atoms with E-state index in [0.717, 1.165) is 5.56 Å². The van der Waals surface area contributed by atoms with E-state index in [1.807, 2.05) is 45.0 Å². The summed E-state index contributed by atoms with van der Waals surface area (Å²) in [6.45, 7) is 7.46. The molecule has 2 amide bonds. The van der Waals surface area contributed by atoms with E-state index in [2.05, 4.69) is 0 Å².